The summed E-state index contributed by atoms with van der Waals surface area (Å²) in [4.78, 5) is 10.2. The summed E-state index contributed by atoms with van der Waals surface area (Å²) in [6, 6.07) is 6.48. The molecule has 0 saturated heterocycles. The summed E-state index contributed by atoms with van der Waals surface area (Å²) in [5.41, 5.74) is 2.10. The number of benzene rings is 1. The second-order valence-electron chi connectivity index (χ2n) is 4.15. The van der Waals surface area contributed by atoms with Gasteiger partial charge in [-0.05, 0) is 36.1 Å². The molecule has 0 aliphatic rings. The highest BCUT2D eigenvalue weighted by atomic mass is 16.6. The Balaban J connectivity index is 2.84. The number of nitro groups is 1. The molecule has 0 heterocycles. The molecule has 18 heavy (non-hydrogen) atoms. The van der Waals surface area contributed by atoms with Crippen LogP contribution in [0, 0.1) is 10.1 Å². The zero-order valence-electron chi connectivity index (χ0n) is 10.6. The van der Waals surface area contributed by atoms with Crippen molar-refractivity contribution < 1.29 is 10.0 Å². The van der Waals surface area contributed by atoms with E-state index in [0.29, 0.717) is 6.42 Å². The first kappa shape index (κ1) is 14.4. The summed E-state index contributed by atoms with van der Waals surface area (Å²) in [6.45, 7) is 2.22. The zero-order valence-corrected chi connectivity index (χ0v) is 10.6. The maximum absolute atomic E-state index is 10.6. The van der Waals surface area contributed by atoms with E-state index in [1.165, 1.54) is 12.1 Å². The van der Waals surface area contributed by atoms with E-state index in [9.17, 15) is 10.1 Å². The lowest BCUT2D eigenvalue weighted by atomic mass is 10.0. The van der Waals surface area contributed by atoms with Gasteiger partial charge in [-0.3, -0.25) is 10.1 Å². The topological polar surface area (TPSA) is 63.4 Å². The summed E-state index contributed by atoms with van der Waals surface area (Å²) in [5.74, 6) is 0. The minimum atomic E-state index is -0.406. The Bertz CT molecular complexity index is 410. The van der Waals surface area contributed by atoms with Crippen LogP contribution in [0.2, 0.25) is 0 Å². The average Bonchev–Trinajstić information content (AvgIpc) is 2.38. The predicted molar refractivity (Wildman–Crippen MR) is 72.3 cm³/mol. The number of rotatable bonds is 7. The molecule has 0 aliphatic carbocycles. The maximum Gasteiger partial charge on any atom is 0.269 e. The van der Waals surface area contributed by atoms with Crippen LogP contribution in [-0.2, 0) is 0 Å². The molecule has 4 heteroatoms. The first-order chi connectivity index (χ1) is 8.69. The fraction of sp³-hybridized carbons (Fsp3) is 0.429. The van der Waals surface area contributed by atoms with Crippen molar-refractivity contribution in [2.45, 2.75) is 32.6 Å². The van der Waals surface area contributed by atoms with Crippen LogP contribution in [0.3, 0.4) is 0 Å². The number of aliphatic hydroxyl groups excluding tert-OH is 1. The van der Waals surface area contributed by atoms with Gasteiger partial charge in [0.1, 0.15) is 0 Å². The Hall–Kier alpha value is -1.68. The highest BCUT2D eigenvalue weighted by Crippen LogP contribution is 2.22. The molecule has 0 aliphatic heterocycles. The smallest absolute Gasteiger partial charge is 0.269 e. The van der Waals surface area contributed by atoms with E-state index >= 15 is 0 Å². The van der Waals surface area contributed by atoms with Crippen molar-refractivity contribution >= 4 is 11.3 Å². The lowest BCUT2D eigenvalue weighted by Crippen LogP contribution is -1.92. The first-order valence-corrected chi connectivity index (χ1v) is 6.23. The summed E-state index contributed by atoms with van der Waals surface area (Å²) in [6.07, 6.45) is 5.91. The molecule has 0 radical (unpaired) electrons. The second kappa shape index (κ2) is 7.61. The first-order valence-electron chi connectivity index (χ1n) is 6.23. The Morgan fingerprint density at radius 1 is 1.39 bits per heavy atom. The van der Waals surface area contributed by atoms with Gasteiger partial charge in [0.05, 0.1) is 4.92 Å². The van der Waals surface area contributed by atoms with Crippen LogP contribution >= 0.6 is 0 Å². The molecule has 98 valence electrons. The molecule has 4 nitrogen and oxygen atoms in total. The molecule has 0 saturated carbocycles. The summed E-state index contributed by atoms with van der Waals surface area (Å²) < 4.78 is 0. The van der Waals surface area contributed by atoms with E-state index in [1.807, 2.05) is 0 Å². The number of allylic oxidation sites excluding steroid dienone is 1. The molecule has 0 aromatic heterocycles. The Morgan fingerprint density at radius 2 is 2.06 bits per heavy atom. The van der Waals surface area contributed by atoms with Gasteiger partial charge in [0, 0.05) is 18.7 Å². The molecule has 1 aromatic rings. The Labute approximate surface area is 107 Å². The molecule has 1 N–H and O–H groups in total. The zero-order chi connectivity index (χ0) is 13.4. The van der Waals surface area contributed by atoms with Crippen molar-refractivity contribution in [2.24, 2.45) is 0 Å². The summed E-state index contributed by atoms with van der Waals surface area (Å²) in [7, 11) is 0. The minimum absolute atomic E-state index is 0.0922. The van der Waals surface area contributed by atoms with Gasteiger partial charge in [0.25, 0.3) is 5.69 Å². The number of aliphatic hydroxyl groups is 1. The van der Waals surface area contributed by atoms with Gasteiger partial charge < -0.3 is 5.11 Å². The number of non-ortho nitro benzene ring substituents is 1. The summed E-state index contributed by atoms with van der Waals surface area (Å²) >= 11 is 0. The molecule has 0 amide bonds. The normalized spacial score (nSPS) is 11.6. The molecule has 0 spiro atoms. The van der Waals surface area contributed by atoms with Gasteiger partial charge in [-0.15, -0.1) is 0 Å². The van der Waals surface area contributed by atoms with Gasteiger partial charge in [-0.25, -0.2) is 0 Å². The predicted octanol–water partition coefficient (Wildman–Crippen LogP) is 3.55. The third kappa shape index (κ3) is 4.30. The van der Waals surface area contributed by atoms with Gasteiger partial charge >= 0.3 is 0 Å². The molecule has 1 aromatic carbocycles. The number of nitrogens with zero attached hydrogens (tertiary/aromatic N) is 1. The van der Waals surface area contributed by atoms with E-state index in [0.717, 1.165) is 30.4 Å². The van der Waals surface area contributed by atoms with Crippen molar-refractivity contribution in [1.82, 2.24) is 0 Å². The number of hydrogen-bond acceptors (Lipinski definition) is 3. The van der Waals surface area contributed by atoms with Crippen molar-refractivity contribution in [3.8, 4) is 0 Å². The monoisotopic (exact) mass is 249 g/mol. The molecular formula is C14H19NO3. The maximum atomic E-state index is 10.6. The van der Waals surface area contributed by atoms with Gasteiger partial charge in [0.2, 0.25) is 0 Å². The average molecular weight is 249 g/mol. The van der Waals surface area contributed by atoms with Crippen LogP contribution in [0.5, 0.6) is 0 Å². The molecule has 0 atom stereocenters. The van der Waals surface area contributed by atoms with Crippen LogP contribution in [-0.4, -0.2) is 16.6 Å². The van der Waals surface area contributed by atoms with Crippen LogP contribution in [0.25, 0.3) is 5.57 Å². The van der Waals surface area contributed by atoms with Gasteiger partial charge in [-0.1, -0.05) is 25.8 Å². The lowest BCUT2D eigenvalue weighted by Gasteiger charge is -2.06. The van der Waals surface area contributed by atoms with E-state index in [2.05, 4.69) is 13.0 Å². The highest BCUT2D eigenvalue weighted by molar-refractivity contribution is 5.66. The van der Waals surface area contributed by atoms with Crippen LogP contribution in [0.15, 0.2) is 30.3 Å². The van der Waals surface area contributed by atoms with Crippen molar-refractivity contribution in [2.75, 3.05) is 6.61 Å². The van der Waals surface area contributed by atoms with Crippen molar-refractivity contribution in [3.63, 3.8) is 0 Å². The molecule has 0 bridgehead atoms. The lowest BCUT2D eigenvalue weighted by molar-refractivity contribution is -0.384. The van der Waals surface area contributed by atoms with Crippen LogP contribution in [0.1, 0.15) is 38.2 Å². The third-order valence-corrected chi connectivity index (χ3v) is 2.78. The van der Waals surface area contributed by atoms with Crippen molar-refractivity contribution in [3.05, 3.63) is 46.0 Å². The van der Waals surface area contributed by atoms with E-state index < -0.39 is 4.92 Å². The molecular weight excluding hydrogens is 230 g/mol. The minimum Gasteiger partial charge on any atom is -0.396 e. The van der Waals surface area contributed by atoms with Gasteiger partial charge in [0.15, 0.2) is 0 Å². The third-order valence-electron chi connectivity index (χ3n) is 2.78. The van der Waals surface area contributed by atoms with Crippen LogP contribution in [0.4, 0.5) is 5.69 Å². The standard InChI is InChI=1S/C14H19NO3/c1-2-3-4-5-12(10-11-16)13-6-8-14(9-7-13)15(17)18/h5-9,16H,2-4,10-11H2,1H3/b12-5-. The fourth-order valence-corrected chi connectivity index (χ4v) is 1.76. The number of unbranched alkanes of at least 4 members (excludes halogenated alkanes) is 2. The number of hydrogen-bond donors (Lipinski definition) is 1. The largest absolute Gasteiger partial charge is 0.396 e. The molecule has 0 fully saturated rings. The number of nitro benzene ring substituents is 1. The fourth-order valence-electron chi connectivity index (χ4n) is 1.76. The van der Waals surface area contributed by atoms with E-state index in [-0.39, 0.29) is 12.3 Å². The molecule has 1 rings (SSSR count). The Morgan fingerprint density at radius 3 is 2.56 bits per heavy atom. The Kier molecular flexibility index (Phi) is 6.08. The van der Waals surface area contributed by atoms with E-state index in [1.54, 1.807) is 12.1 Å². The quantitative estimate of drug-likeness (QED) is 0.456. The highest BCUT2D eigenvalue weighted by Gasteiger charge is 2.06. The van der Waals surface area contributed by atoms with E-state index in [4.69, 9.17) is 5.11 Å². The van der Waals surface area contributed by atoms with Gasteiger partial charge in [-0.2, -0.15) is 0 Å². The van der Waals surface area contributed by atoms with Crippen molar-refractivity contribution in [1.29, 1.82) is 0 Å². The SMILES string of the molecule is CCCC/C=C(/CCO)c1ccc([N+](=O)[O-])cc1. The van der Waals surface area contributed by atoms with Crippen LogP contribution < -0.4 is 0 Å². The molecule has 0 unspecified atom stereocenters. The summed E-state index contributed by atoms with van der Waals surface area (Å²) in [5, 5.41) is 19.6. The second-order valence-corrected chi connectivity index (χ2v) is 4.15.